The van der Waals surface area contributed by atoms with Gasteiger partial charge in [0.2, 0.25) is 5.76 Å². The Bertz CT molecular complexity index is 663. The number of carbonyl (C=O) groups excluding carboxylic acids is 1. The zero-order chi connectivity index (χ0) is 15.4. The van der Waals surface area contributed by atoms with Crippen LogP contribution in [0.2, 0.25) is 0 Å². The van der Waals surface area contributed by atoms with Gasteiger partial charge in [0.05, 0.1) is 11.3 Å². The zero-order valence-corrected chi connectivity index (χ0v) is 11.9. The van der Waals surface area contributed by atoms with Crippen molar-refractivity contribution in [3.8, 4) is 0 Å². The number of amides is 1. The van der Waals surface area contributed by atoms with Gasteiger partial charge in [0.25, 0.3) is 5.91 Å². The molecule has 0 spiro atoms. The van der Waals surface area contributed by atoms with E-state index in [0.717, 1.165) is 0 Å². The first kappa shape index (κ1) is 14.8. The number of aryl methyl sites for hydroxylation is 1. The van der Waals surface area contributed by atoms with E-state index in [0.29, 0.717) is 24.2 Å². The van der Waals surface area contributed by atoms with Gasteiger partial charge in [0, 0.05) is 19.7 Å². The molecule has 0 radical (unpaired) electrons. The molecule has 1 amide bonds. The number of aromatic nitrogens is 1. The van der Waals surface area contributed by atoms with Crippen molar-refractivity contribution in [2.75, 3.05) is 13.6 Å². The molecule has 110 valence electrons. The SMILES string of the molecule is Cc1cc(C(=O)N(C)CCc2ccccc2C(=O)O)on1. The fourth-order valence-electron chi connectivity index (χ4n) is 1.99. The van der Waals surface area contributed by atoms with Crippen LogP contribution in [0.5, 0.6) is 0 Å². The van der Waals surface area contributed by atoms with E-state index in [1.165, 1.54) is 4.90 Å². The van der Waals surface area contributed by atoms with Crippen LogP contribution in [0.1, 0.15) is 32.2 Å². The number of aromatic carboxylic acids is 1. The van der Waals surface area contributed by atoms with E-state index < -0.39 is 5.97 Å². The van der Waals surface area contributed by atoms with Gasteiger partial charge in [-0.25, -0.2) is 4.79 Å². The normalized spacial score (nSPS) is 10.4. The number of nitrogens with zero attached hydrogens (tertiary/aromatic N) is 2. The fourth-order valence-corrected chi connectivity index (χ4v) is 1.99. The second kappa shape index (κ2) is 6.21. The summed E-state index contributed by atoms with van der Waals surface area (Å²) in [5.41, 5.74) is 1.59. The molecule has 0 aliphatic rings. The van der Waals surface area contributed by atoms with Crippen molar-refractivity contribution in [3.63, 3.8) is 0 Å². The van der Waals surface area contributed by atoms with Gasteiger partial charge >= 0.3 is 5.97 Å². The second-order valence-electron chi connectivity index (χ2n) is 4.77. The predicted octanol–water partition coefficient (Wildman–Crippen LogP) is 2.00. The lowest BCUT2D eigenvalue weighted by Gasteiger charge is -2.16. The Balaban J connectivity index is 2.03. The number of hydrogen-bond donors (Lipinski definition) is 1. The molecular weight excluding hydrogens is 272 g/mol. The Morgan fingerprint density at radius 3 is 2.67 bits per heavy atom. The first-order valence-corrected chi connectivity index (χ1v) is 6.49. The third kappa shape index (κ3) is 3.47. The Hall–Kier alpha value is -2.63. The van der Waals surface area contributed by atoms with Crippen LogP contribution in [0.25, 0.3) is 0 Å². The molecule has 1 N–H and O–H groups in total. The van der Waals surface area contributed by atoms with Gasteiger partial charge in [0.15, 0.2) is 0 Å². The summed E-state index contributed by atoms with van der Waals surface area (Å²) in [6.45, 7) is 2.13. The van der Waals surface area contributed by atoms with E-state index in [4.69, 9.17) is 9.63 Å². The summed E-state index contributed by atoms with van der Waals surface area (Å²) in [6.07, 6.45) is 0.456. The molecule has 0 atom stereocenters. The van der Waals surface area contributed by atoms with E-state index in [2.05, 4.69) is 5.16 Å². The molecule has 2 rings (SSSR count). The molecule has 21 heavy (non-hydrogen) atoms. The monoisotopic (exact) mass is 288 g/mol. The van der Waals surface area contributed by atoms with Crippen molar-refractivity contribution in [1.29, 1.82) is 0 Å². The molecule has 0 bridgehead atoms. The van der Waals surface area contributed by atoms with Gasteiger partial charge in [-0.05, 0) is 25.0 Å². The number of hydrogen-bond acceptors (Lipinski definition) is 4. The molecular formula is C15H16N2O4. The van der Waals surface area contributed by atoms with Gasteiger partial charge in [-0.15, -0.1) is 0 Å². The zero-order valence-electron chi connectivity index (χ0n) is 11.9. The van der Waals surface area contributed by atoms with Gasteiger partial charge in [0.1, 0.15) is 0 Å². The molecule has 0 unspecified atom stereocenters. The number of carboxylic acids is 1. The highest BCUT2D eigenvalue weighted by Crippen LogP contribution is 2.11. The lowest BCUT2D eigenvalue weighted by Crippen LogP contribution is -2.28. The molecule has 0 saturated carbocycles. The number of rotatable bonds is 5. The summed E-state index contributed by atoms with van der Waals surface area (Å²) in [5.74, 6) is -1.06. The van der Waals surface area contributed by atoms with E-state index in [1.54, 1.807) is 44.3 Å². The molecule has 1 aromatic heterocycles. The highest BCUT2D eigenvalue weighted by molar-refractivity contribution is 5.91. The van der Waals surface area contributed by atoms with E-state index in [9.17, 15) is 9.59 Å². The third-order valence-electron chi connectivity index (χ3n) is 3.15. The van der Waals surface area contributed by atoms with E-state index in [-0.39, 0.29) is 17.2 Å². The van der Waals surface area contributed by atoms with Crippen LogP contribution in [-0.4, -0.2) is 40.6 Å². The molecule has 0 aliphatic heterocycles. The molecule has 0 saturated heterocycles. The number of likely N-dealkylation sites (N-methyl/N-ethyl adjacent to an activating group) is 1. The standard InChI is InChI=1S/C15H16N2O4/c1-10-9-13(21-16-10)14(18)17(2)8-7-11-5-3-4-6-12(11)15(19)20/h3-6,9H,7-8H2,1-2H3,(H,19,20). The topological polar surface area (TPSA) is 83.6 Å². The van der Waals surface area contributed by atoms with Gasteiger partial charge in [-0.2, -0.15) is 0 Å². The first-order chi connectivity index (χ1) is 9.99. The Morgan fingerprint density at radius 1 is 1.33 bits per heavy atom. The van der Waals surface area contributed by atoms with E-state index >= 15 is 0 Å². The van der Waals surface area contributed by atoms with Crippen molar-refractivity contribution >= 4 is 11.9 Å². The maximum atomic E-state index is 12.1. The summed E-state index contributed by atoms with van der Waals surface area (Å²) in [6, 6.07) is 8.34. The maximum absolute atomic E-state index is 12.1. The third-order valence-corrected chi connectivity index (χ3v) is 3.15. The highest BCUT2D eigenvalue weighted by Gasteiger charge is 2.17. The second-order valence-corrected chi connectivity index (χ2v) is 4.77. The van der Waals surface area contributed by atoms with Crippen LogP contribution in [0, 0.1) is 6.92 Å². The quantitative estimate of drug-likeness (QED) is 0.909. The summed E-state index contributed by atoms with van der Waals surface area (Å²) in [4.78, 5) is 24.7. The van der Waals surface area contributed by atoms with Crippen LogP contribution in [0.3, 0.4) is 0 Å². The first-order valence-electron chi connectivity index (χ1n) is 6.49. The molecule has 2 aromatic rings. The van der Waals surface area contributed by atoms with Crippen LogP contribution < -0.4 is 0 Å². The summed E-state index contributed by atoms with van der Waals surface area (Å²) in [7, 11) is 1.64. The molecule has 0 fully saturated rings. The number of carbonyl (C=O) groups is 2. The smallest absolute Gasteiger partial charge is 0.335 e. The molecule has 1 aromatic carbocycles. The Kier molecular flexibility index (Phi) is 4.37. The highest BCUT2D eigenvalue weighted by atomic mass is 16.5. The predicted molar refractivity (Wildman–Crippen MR) is 75.3 cm³/mol. The maximum Gasteiger partial charge on any atom is 0.335 e. The average Bonchev–Trinajstić information content (AvgIpc) is 2.90. The average molecular weight is 288 g/mol. The molecule has 6 nitrogen and oxygen atoms in total. The van der Waals surface area contributed by atoms with Crippen molar-refractivity contribution in [3.05, 3.63) is 52.9 Å². The van der Waals surface area contributed by atoms with Crippen LogP contribution in [0.4, 0.5) is 0 Å². The minimum Gasteiger partial charge on any atom is -0.478 e. The Labute approximate surface area is 122 Å². The van der Waals surface area contributed by atoms with Gasteiger partial charge in [-0.1, -0.05) is 23.4 Å². The summed E-state index contributed by atoms with van der Waals surface area (Å²) >= 11 is 0. The summed E-state index contributed by atoms with van der Waals surface area (Å²) in [5, 5.41) is 12.8. The van der Waals surface area contributed by atoms with Crippen molar-refractivity contribution < 1.29 is 19.2 Å². The van der Waals surface area contributed by atoms with E-state index in [1.807, 2.05) is 0 Å². The lowest BCUT2D eigenvalue weighted by atomic mass is 10.0. The lowest BCUT2D eigenvalue weighted by molar-refractivity contribution is 0.0695. The minimum atomic E-state index is -0.967. The van der Waals surface area contributed by atoms with Gasteiger partial charge < -0.3 is 14.5 Å². The molecule has 6 heteroatoms. The molecule has 1 heterocycles. The number of carboxylic acid groups (broad SMARTS) is 1. The minimum absolute atomic E-state index is 0.182. The largest absolute Gasteiger partial charge is 0.478 e. The van der Waals surface area contributed by atoms with Gasteiger partial charge in [-0.3, -0.25) is 4.79 Å². The Morgan fingerprint density at radius 2 is 2.05 bits per heavy atom. The number of benzene rings is 1. The van der Waals surface area contributed by atoms with Crippen molar-refractivity contribution in [2.24, 2.45) is 0 Å². The fraction of sp³-hybridized carbons (Fsp3) is 0.267. The van der Waals surface area contributed by atoms with Crippen LogP contribution in [0.15, 0.2) is 34.9 Å². The summed E-state index contributed by atoms with van der Waals surface area (Å²) < 4.78 is 4.93. The molecule has 0 aliphatic carbocycles. The van der Waals surface area contributed by atoms with Crippen LogP contribution >= 0.6 is 0 Å². The van der Waals surface area contributed by atoms with Crippen molar-refractivity contribution in [1.82, 2.24) is 10.1 Å². The van der Waals surface area contributed by atoms with Crippen LogP contribution in [-0.2, 0) is 6.42 Å². The van der Waals surface area contributed by atoms with Crippen molar-refractivity contribution in [2.45, 2.75) is 13.3 Å².